The standard InChI is InChI=1S/C17H27NO4/c1-8(2)7-17(5,9(3)4)16(20)22-14-11-6-10-13(21-11)12(14)18-15(10)19/h8-14H,6-7H2,1-5H3,(H,18,19). The average Bonchev–Trinajstić information content (AvgIpc) is 3.02. The van der Waals surface area contributed by atoms with Gasteiger partial charge in [0.2, 0.25) is 5.91 Å². The Hall–Kier alpha value is -1.10. The first-order chi connectivity index (χ1) is 10.2. The van der Waals surface area contributed by atoms with Crippen LogP contribution >= 0.6 is 0 Å². The van der Waals surface area contributed by atoms with Crippen molar-refractivity contribution in [1.29, 1.82) is 0 Å². The summed E-state index contributed by atoms with van der Waals surface area (Å²) in [6.07, 6.45) is 0.910. The Labute approximate surface area is 132 Å². The molecule has 5 nitrogen and oxygen atoms in total. The lowest BCUT2D eigenvalue weighted by molar-refractivity contribution is -0.168. The molecule has 0 saturated carbocycles. The lowest BCUT2D eigenvalue weighted by atomic mass is 9.73. The summed E-state index contributed by atoms with van der Waals surface area (Å²) in [5.41, 5.74) is -0.502. The molecule has 0 aromatic rings. The number of rotatable bonds is 5. The van der Waals surface area contributed by atoms with Crippen LogP contribution in [0.4, 0.5) is 0 Å². The smallest absolute Gasteiger partial charge is 0.312 e. The molecule has 1 N–H and O–H groups in total. The van der Waals surface area contributed by atoms with Gasteiger partial charge in [0, 0.05) is 0 Å². The fourth-order valence-corrected chi connectivity index (χ4v) is 4.20. The normalized spacial score (nSPS) is 38.5. The number of carbonyl (C=O) groups excluding carboxylic acids is 2. The maximum Gasteiger partial charge on any atom is 0.312 e. The van der Waals surface area contributed by atoms with E-state index in [4.69, 9.17) is 9.47 Å². The van der Waals surface area contributed by atoms with Crippen molar-refractivity contribution in [2.24, 2.45) is 23.2 Å². The Morgan fingerprint density at radius 3 is 2.68 bits per heavy atom. The van der Waals surface area contributed by atoms with E-state index in [0.29, 0.717) is 12.3 Å². The molecule has 0 aromatic heterocycles. The Morgan fingerprint density at radius 2 is 2.09 bits per heavy atom. The van der Waals surface area contributed by atoms with Gasteiger partial charge in [-0.05, 0) is 31.6 Å². The molecule has 0 radical (unpaired) electrons. The second kappa shape index (κ2) is 5.22. The molecule has 22 heavy (non-hydrogen) atoms. The van der Waals surface area contributed by atoms with Gasteiger partial charge in [-0.3, -0.25) is 9.59 Å². The highest BCUT2D eigenvalue weighted by Gasteiger charge is 2.63. The third-order valence-corrected chi connectivity index (χ3v) is 5.75. The predicted molar refractivity (Wildman–Crippen MR) is 81.0 cm³/mol. The minimum absolute atomic E-state index is 0.0444. The summed E-state index contributed by atoms with van der Waals surface area (Å²) < 4.78 is 11.7. The van der Waals surface area contributed by atoms with Gasteiger partial charge in [0.05, 0.1) is 29.6 Å². The largest absolute Gasteiger partial charge is 0.457 e. The fraction of sp³-hybridized carbons (Fsp3) is 0.882. The number of esters is 1. The molecule has 3 saturated heterocycles. The van der Waals surface area contributed by atoms with Crippen molar-refractivity contribution in [3.05, 3.63) is 0 Å². The first-order valence-electron chi connectivity index (χ1n) is 8.41. The van der Waals surface area contributed by atoms with Gasteiger partial charge in [0.1, 0.15) is 0 Å². The number of carbonyl (C=O) groups is 2. The lowest BCUT2D eigenvalue weighted by Gasteiger charge is -2.35. The van der Waals surface area contributed by atoms with E-state index in [9.17, 15) is 9.59 Å². The summed E-state index contributed by atoms with van der Waals surface area (Å²) in [4.78, 5) is 24.7. The highest BCUT2D eigenvalue weighted by atomic mass is 16.6. The van der Waals surface area contributed by atoms with Crippen LogP contribution in [0.3, 0.4) is 0 Å². The summed E-state index contributed by atoms with van der Waals surface area (Å²) in [7, 11) is 0. The van der Waals surface area contributed by atoms with Crippen molar-refractivity contribution in [3.8, 4) is 0 Å². The highest BCUT2D eigenvalue weighted by Crippen LogP contribution is 2.46. The molecule has 3 heterocycles. The maximum atomic E-state index is 12.8. The van der Waals surface area contributed by atoms with Crippen molar-refractivity contribution in [2.75, 3.05) is 0 Å². The van der Waals surface area contributed by atoms with Gasteiger partial charge in [-0.1, -0.05) is 27.7 Å². The summed E-state index contributed by atoms with van der Waals surface area (Å²) in [6.45, 7) is 10.4. The average molecular weight is 309 g/mol. The van der Waals surface area contributed by atoms with Crippen molar-refractivity contribution in [2.45, 2.75) is 71.8 Å². The molecule has 0 spiro atoms. The Bertz CT molecular complexity index is 489. The maximum absolute atomic E-state index is 12.8. The zero-order valence-corrected chi connectivity index (χ0v) is 14.1. The minimum atomic E-state index is -0.502. The third kappa shape index (κ3) is 2.25. The molecule has 5 heteroatoms. The van der Waals surface area contributed by atoms with Gasteiger partial charge < -0.3 is 14.8 Å². The molecule has 1 amide bonds. The quantitative estimate of drug-likeness (QED) is 0.788. The third-order valence-electron chi connectivity index (χ3n) is 5.75. The second-order valence-electron chi connectivity index (χ2n) is 8.06. The summed E-state index contributed by atoms with van der Waals surface area (Å²) >= 11 is 0. The molecule has 3 rings (SSSR count). The summed E-state index contributed by atoms with van der Waals surface area (Å²) in [5.74, 6) is 0.469. The van der Waals surface area contributed by atoms with Crippen molar-refractivity contribution in [3.63, 3.8) is 0 Å². The summed E-state index contributed by atoms with van der Waals surface area (Å²) in [5, 5.41) is 2.94. The van der Waals surface area contributed by atoms with E-state index in [2.05, 4.69) is 33.0 Å². The number of ether oxygens (including phenoxy) is 2. The molecular weight excluding hydrogens is 282 g/mol. The molecule has 3 fully saturated rings. The lowest BCUT2D eigenvalue weighted by Crippen LogP contribution is -2.47. The molecule has 0 aliphatic carbocycles. The molecule has 124 valence electrons. The monoisotopic (exact) mass is 309 g/mol. The van der Waals surface area contributed by atoms with Crippen LogP contribution in [0.1, 0.15) is 47.5 Å². The molecule has 2 bridgehead atoms. The zero-order valence-electron chi connectivity index (χ0n) is 14.1. The van der Waals surface area contributed by atoms with Crippen molar-refractivity contribution in [1.82, 2.24) is 5.32 Å². The van der Waals surface area contributed by atoms with Crippen LogP contribution in [0, 0.1) is 23.2 Å². The van der Waals surface area contributed by atoms with Crippen LogP contribution in [0.25, 0.3) is 0 Å². The van der Waals surface area contributed by atoms with Crippen LogP contribution in [0.5, 0.6) is 0 Å². The Morgan fingerprint density at radius 1 is 1.41 bits per heavy atom. The van der Waals surface area contributed by atoms with E-state index in [1.807, 2.05) is 6.92 Å². The second-order valence-corrected chi connectivity index (χ2v) is 8.06. The molecule has 3 aliphatic rings. The number of fused-ring (bicyclic) bond motifs is 1. The molecule has 3 aliphatic heterocycles. The minimum Gasteiger partial charge on any atom is -0.457 e. The zero-order chi connectivity index (χ0) is 16.2. The SMILES string of the molecule is CC(C)CC(C)(C(=O)OC1C2CC3C(=O)NC1C3O2)C(C)C. The van der Waals surface area contributed by atoms with Gasteiger partial charge in [0.15, 0.2) is 6.10 Å². The molecule has 0 aromatic carbocycles. The van der Waals surface area contributed by atoms with E-state index in [0.717, 1.165) is 6.42 Å². The van der Waals surface area contributed by atoms with E-state index >= 15 is 0 Å². The molecule has 6 atom stereocenters. The van der Waals surface area contributed by atoms with Gasteiger partial charge in [-0.2, -0.15) is 0 Å². The predicted octanol–water partition coefficient (Wildman–Crippen LogP) is 1.89. The van der Waals surface area contributed by atoms with Crippen molar-refractivity contribution >= 4 is 11.9 Å². The number of amides is 1. The van der Waals surface area contributed by atoms with Crippen LogP contribution in [0.2, 0.25) is 0 Å². The van der Waals surface area contributed by atoms with E-state index in [1.54, 1.807) is 0 Å². The van der Waals surface area contributed by atoms with Crippen LogP contribution in [0.15, 0.2) is 0 Å². The number of hydrogen-bond acceptors (Lipinski definition) is 4. The van der Waals surface area contributed by atoms with E-state index in [-0.39, 0.29) is 48.1 Å². The first-order valence-corrected chi connectivity index (χ1v) is 8.41. The van der Waals surface area contributed by atoms with Gasteiger partial charge in [-0.15, -0.1) is 0 Å². The number of hydrogen-bond donors (Lipinski definition) is 1. The Kier molecular flexibility index (Phi) is 3.75. The van der Waals surface area contributed by atoms with E-state index < -0.39 is 5.41 Å². The van der Waals surface area contributed by atoms with Crippen LogP contribution < -0.4 is 5.32 Å². The van der Waals surface area contributed by atoms with Crippen molar-refractivity contribution < 1.29 is 19.1 Å². The highest BCUT2D eigenvalue weighted by molar-refractivity contribution is 5.84. The topological polar surface area (TPSA) is 64.6 Å². The van der Waals surface area contributed by atoms with E-state index in [1.165, 1.54) is 0 Å². The van der Waals surface area contributed by atoms with Gasteiger partial charge >= 0.3 is 5.97 Å². The molecule has 6 unspecified atom stereocenters. The first kappa shape index (κ1) is 15.8. The number of nitrogens with one attached hydrogen (secondary N) is 1. The van der Waals surface area contributed by atoms with Gasteiger partial charge in [-0.25, -0.2) is 0 Å². The Balaban J connectivity index is 1.73. The summed E-state index contributed by atoms with van der Waals surface area (Å²) in [6, 6.07) is -0.157. The molecular formula is C17H27NO4. The van der Waals surface area contributed by atoms with Crippen LogP contribution in [-0.4, -0.2) is 36.2 Å². The fourth-order valence-electron chi connectivity index (χ4n) is 4.20. The van der Waals surface area contributed by atoms with Gasteiger partial charge in [0.25, 0.3) is 0 Å². The van der Waals surface area contributed by atoms with Crippen LogP contribution in [-0.2, 0) is 19.1 Å².